The van der Waals surface area contributed by atoms with Crippen molar-refractivity contribution < 1.29 is 0 Å². The lowest BCUT2D eigenvalue weighted by molar-refractivity contribution is 0.120. The molecule has 1 saturated carbocycles. The molecule has 0 N–H and O–H groups in total. The Hall–Kier alpha value is 0.0500. The number of hydrogen-bond acceptors (Lipinski definition) is 1. The summed E-state index contributed by atoms with van der Waals surface area (Å²) in [7, 11) is 0. The van der Waals surface area contributed by atoms with Gasteiger partial charge in [0.2, 0.25) is 0 Å². The molecule has 1 fully saturated rings. The van der Waals surface area contributed by atoms with Crippen LogP contribution in [-0.4, -0.2) is 23.4 Å². The van der Waals surface area contributed by atoms with Crippen LogP contribution in [0.3, 0.4) is 0 Å². The zero-order chi connectivity index (χ0) is 13.0. The number of benzene rings is 1. The average Bonchev–Trinajstić information content (AvgIpc) is 2.27. The smallest absolute Gasteiger partial charge is 0.0465 e. The lowest BCUT2D eigenvalue weighted by Crippen LogP contribution is -2.40. The molecule has 1 aliphatic carbocycles. The van der Waals surface area contributed by atoms with Crippen LogP contribution < -0.4 is 0 Å². The van der Waals surface area contributed by atoms with Crippen LogP contribution >= 0.6 is 34.8 Å². The summed E-state index contributed by atoms with van der Waals surface area (Å²) in [5.41, 5.74) is 1.16. The van der Waals surface area contributed by atoms with Gasteiger partial charge in [-0.05, 0) is 43.5 Å². The van der Waals surface area contributed by atoms with Gasteiger partial charge in [-0.3, -0.25) is 4.90 Å². The molecule has 0 amide bonds. The maximum Gasteiger partial charge on any atom is 0.0465 e. The Bertz CT molecular complexity index is 391. The van der Waals surface area contributed by atoms with Crippen molar-refractivity contribution in [3.63, 3.8) is 0 Å². The van der Waals surface area contributed by atoms with E-state index in [1.54, 1.807) is 0 Å². The number of hydrogen-bond donors (Lipinski definition) is 0. The quantitative estimate of drug-likeness (QED) is 0.670. The molecule has 0 aliphatic heterocycles. The third kappa shape index (κ3) is 3.77. The normalized spacial score (nSPS) is 16.0. The Morgan fingerprint density at radius 2 is 2.00 bits per heavy atom. The summed E-state index contributed by atoms with van der Waals surface area (Å²) in [6.45, 7) is 1.95. The minimum atomic E-state index is 0.694. The van der Waals surface area contributed by atoms with E-state index in [1.165, 1.54) is 19.3 Å². The SMILES string of the molecule is ClCCCN(Cc1ccc(Cl)cc1Cl)C1CCC1. The Kier molecular flexibility index (Phi) is 5.62. The molecule has 100 valence electrons. The topological polar surface area (TPSA) is 3.24 Å². The van der Waals surface area contributed by atoms with E-state index in [1.807, 2.05) is 18.2 Å². The van der Waals surface area contributed by atoms with Crippen LogP contribution in [0, 0.1) is 0 Å². The van der Waals surface area contributed by atoms with Crippen molar-refractivity contribution >= 4 is 34.8 Å². The monoisotopic (exact) mass is 305 g/mol. The van der Waals surface area contributed by atoms with Crippen molar-refractivity contribution in [3.05, 3.63) is 33.8 Å². The van der Waals surface area contributed by atoms with E-state index in [-0.39, 0.29) is 0 Å². The zero-order valence-electron chi connectivity index (χ0n) is 10.3. The average molecular weight is 307 g/mol. The van der Waals surface area contributed by atoms with Gasteiger partial charge in [0.15, 0.2) is 0 Å². The maximum atomic E-state index is 6.24. The Balaban J connectivity index is 2.02. The fraction of sp³-hybridized carbons (Fsp3) is 0.571. The highest BCUT2D eigenvalue weighted by molar-refractivity contribution is 6.35. The second-order valence-electron chi connectivity index (χ2n) is 4.83. The molecule has 0 atom stereocenters. The zero-order valence-corrected chi connectivity index (χ0v) is 12.6. The fourth-order valence-corrected chi connectivity index (χ4v) is 2.86. The molecule has 0 radical (unpaired) electrons. The first-order valence-electron chi connectivity index (χ1n) is 6.44. The van der Waals surface area contributed by atoms with Crippen molar-refractivity contribution in [1.29, 1.82) is 0 Å². The van der Waals surface area contributed by atoms with Crippen LogP contribution in [0.25, 0.3) is 0 Å². The molecule has 2 rings (SSSR count). The Morgan fingerprint density at radius 1 is 1.22 bits per heavy atom. The van der Waals surface area contributed by atoms with E-state index in [0.717, 1.165) is 36.0 Å². The van der Waals surface area contributed by atoms with Crippen molar-refractivity contribution in [2.24, 2.45) is 0 Å². The summed E-state index contributed by atoms with van der Waals surface area (Å²) < 4.78 is 0. The van der Waals surface area contributed by atoms with Gasteiger partial charge in [0, 0.05) is 28.5 Å². The van der Waals surface area contributed by atoms with E-state index < -0.39 is 0 Å². The van der Waals surface area contributed by atoms with Gasteiger partial charge in [0.1, 0.15) is 0 Å². The van der Waals surface area contributed by atoms with Gasteiger partial charge in [-0.2, -0.15) is 0 Å². The number of rotatable bonds is 6. The van der Waals surface area contributed by atoms with Crippen LogP contribution in [0.1, 0.15) is 31.2 Å². The van der Waals surface area contributed by atoms with Crippen LogP contribution in [0.15, 0.2) is 18.2 Å². The molecule has 0 spiro atoms. The minimum Gasteiger partial charge on any atom is -0.296 e. The van der Waals surface area contributed by atoms with Crippen molar-refractivity contribution in [2.75, 3.05) is 12.4 Å². The molecule has 0 aromatic heterocycles. The molecule has 0 bridgehead atoms. The first kappa shape index (κ1) is 14.5. The van der Waals surface area contributed by atoms with E-state index in [9.17, 15) is 0 Å². The Morgan fingerprint density at radius 3 is 2.56 bits per heavy atom. The molecule has 1 aliphatic rings. The summed E-state index contributed by atoms with van der Waals surface area (Å²) in [6.07, 6.45) is 4.97. The highest BCUT2D eigenvalue weighted by Crippen LogP contribution is 2.29. The van der Waals surface area contributed by atoms with Crippen LogP contribution in [0.2, 0.25) is 10.0 Å². The van der Waals surface area contributed by atoms with Gasteiger partial charge in [0.25, 0.3) is 0 Å². The van der Waals surface area contributed by atoms with E-state index >= 15 is 0 Å². The number of halogens is 3. The standard InChI is InChI=1S/C14H18Cl3N/c15-7-2-8-18(13-3-1-4-13)10-11-5-6-12(16)9-14(11)17/h5-6,9,13H,1-4,7-8,10H2. The van der Waals surface area contributed by atoms with Gasteiger partial charge in [-0.15, -0.1) is 11.6 Å². The summed E-state index contributed by atoms with van der Waals surface area (Å²) in [5, 5.41) is 1.46. The largest absolute Gasteiger partial charge is 0.296 e. The van der Waals surface area contributed by atoms with Crippen molar-refractivity contribution in [3.8, 4) is 0 Å². The third-order valence-corrected chi connectivity index (χ3v) is 4.41. The molecule has 0 heterocycles. The van der Waals surface area contributed by atoms with Crippen LogP contribution in [-0.2, 0) is 6.54 Å². The van der Waals surface area contributed by atoms with E-state index in [4.69, 9.17) is 34.8 Å². The lowest BCUT2D eigenvalue weighted by Gasteiger charge is -2.37. The summed E-state index contributed by atoms with van der Waals surface area (Å²) >= 11 is 18.0. The number of alkyl halides is 1. The van der Waals surface area contributed by atoms with Gasteiger partial charge in [-0.1, -0.05) is 35.7 Å². The summed E-state index contributed by atoms with van der Waals surface area (Å²) in [4.78, 5) is 2.50. The first-order valence-corrected chi connectivity index (χ1v) is 7.73. The van der Waals surface area contributed by atoms with Crippen molar-refractivity contribution in [1.82, 2.24) is 4.90 Å². The number of nitrogens with zero attached hydrogens (tertiary/aromatic N) is 1. The maximum absolute atomic E-state index is 6.24. The predicted octanol–water partition coefficient (Wildman–Crippen LogP) is 4.98. The van der Waals surface area contributed by atoms with E-state index in [0.29, 0.717) is 11.1 Å². The Labute approximate surface area is 124 Å². The fourth-order valence-electron chi connectivity index (χ4n) is 2.27. The predicted molar refractivity (Wildman–Crippen MR) is 79.8 cm³/mol. The molecule has 0 saturated heterocycles. The third-order valence-electron chi connectivity index (χ3n) is 3.56. The molecular formula is C14H18Cl3N. The lowest BCUT2D eigenvalue weighted by atomic mass is 9.91. The van der Waals surface area contributed by atoms with Crippen molar-refractivity contribution in [2.45, 2.75) is 38.3 Å². The van der Waals surface area contributed by atoms with Gasteiger partial charge >= 0.3 is 0 Å². The molecule has 1 nitrogen and oxygen atoms in total. The second kappa shape index (κ2) is 7.00. The van der Waals surface area contributed by atoms with E-state index in [2.05, 4.69) is 4.90 Å². The second-order valence-corrected chi connectivity index (χ2v) is 6.06. The van der Waals surface area contributed by atoms with Gasteiger partial charge in [0.05, 0.1) is 0 Å². The van der Waals surface area contributed by atoms with Gasteiger partial charge < -0.3 is 0 Å². The molecule has 1 aromatic carbocycles. The van der Waals surface area contributed by atoms with Crippen LogP contribution in [0.4, 0.5) is 0 Å². The summed E-state index contributed by atoms with van der Waals surface area (Å²) in [6, 6.07) is 6.46. The minimum absolute atomic E-state index is 0.694. The first-order chi connectivity index (χ1) is 8.70. The molecule has 1 aromatic rings. The summed E-state index contributed by atoms with van der Waals surface area (Å²) in [5.74, 6) is 0.720. The van der Waals surface area contributed by atoms with Gasteiger partial charge in [-0.25, -0.2) is 0 Å². The molecule has 18 heavy (non-hydrogen) atoms. The molecular weight excluding hydrogens is 289 g/mol. The highest BCUT2D eigenvalue weighted by Gasteiger charge is 2.24. The molecule has 4 heteroatoms. The highest BCUT2D eigenvalue weighted by atomic mass is 35.5. The molecule has 0 unspecified atom stereocenters. The van der Waals surface area contributed by atoms with Crippen LogP contribution in [0.5, 0.6) is 0 Å².